The van der Waals surface area contributed by atoms with Gasteiger partial charge in [0.25, 0.3) is 5.91 Å². The van der Waals surface area contributed by atoms with Crippen molar-refractivity contribution in [1.82, 2.24) is 4.90 Å². The molecule has 3 nitrogen and oxygen atoms in total. The third-order valence-corrected chi connectivity index (χ3v) is 4.57. The molecule has 4 heteroatoms. The summed E-state index contributed by atoms with van der Waals surface area (Å²) < 4.78 is 0. The first-order valence-corrected chi connectivity index (χ1v) is 7.39. The van der Waals surface area contributed by atoms with Crippen LogP contribution in [0.15, 0.2) is 18.2 Å². The highest BCUT2D eigenvalue weighted by atomic mass is 79.9. The molecule has 0 unspecified atom stereocenters. The summed E-state index contributed by atoms with van der Waals surface area (Å²) in [5, 5.41) is 10.7. The fourth-order valence-electron chi connectivity index (χ4n) is 2.32. The van der Waals surface area contributed by atoms with Gasteiger partial charge in [-0.2, -0.15) is 0 Å². The van der Waals surface area contributed by atoms with Crippen LogP contribution in [0.25, 0.3) is 0 Å². The van der Waals surface area contributed by atoms with Gasteiger partial charge in [-0.15, -0.1) is 0 Å². The van der Waals surface area contributed by atoms with Gasteiger partial charge in [0.15, 0.2) is 0 Å². The van der Waals surface area contributed by atoms with Gasteiger partial charge in [-0.1, -0.05) is 22.0 Å². The molecule has 0 saturated carbocycles. The smallest absolute Gasteiger partial charge is 0.254 e. The van der Waals surface area contributed by atoms with E-state index < -0.39 is 0 Å². The predicted octanol–water partition coefficient (Wildman–Crippen LogP) is 2.95. The summed E-state index contributed by atoms with van der Waals surface area (Å²) in [6.45, 7) is 3.40. The number of piperidine rings is 1. The molecule has 1 aliphatic heterocycles. The Bertz CT molecular complexity index is 439. The van der Waals surface area contributed by atoms with Crippen molar-refractivity contribution in [3.05, 3.63) is 29.3 Å². The maximum atomic E-state index is 12.4. The Morgan fingerprint density at radius 1 is 1.44 bits per heavy atom. The second-order valence-electron chi connectivity index (χ2n) is 4.84. The molecule has 0 aliphatic carbocycles. The fraction of sp³-hybridized carbons (Fsp3) is 0.500. The van der Waals surface area contributed by atoms with E-state index >= 15 is 0 Å². The molecule has 1 aromatic carbocycles. The van der Waals surface area contributed by atoms with Gasteiger partial charge in [0.2, 0.25) is 0 Å². The van der Waals surface area contributed by atoms with E-state index in [1.54, 1.807) is 25.1 Å². The molecule has 0 atom stereocenters. The molecule has 1 aromatic rings. The Hall–Kier alpha value is -1.03. The number of aromatic hydroxyl groups is 1. The van der Waals surface area contributed by atoms with Crippen molar-refractivity contribution in [3.63, 3.8) is 0 Å². The van der Waals surface area contributed by atoms with Gasteiger partial charge in [0, 0.05) is 29.5 Å². The third-order valence-electron chi connectivity index (χ3n) is 3.66. The fourth-order valence-corrected chi connectivity index (χ4v) is 2.96. The van der Waals surface area contributed by atoms with Crippen LogP contribution in [0.2, 0.25) is 0 Å². The quantitative estimate of drug-likeness (QED) is 0.853. The van der Waals surface area contributed by atoms with Crippen molar-refractivity contribution in [2.24, 2.45) is 5.92 Å². The van der Waals surface area contributed by atoms with Crippen LogP contribution < -0.4 is 0 Å². The Morgan fingerprint density at radius 2 is 2.11 bits per heavy atom. The van der Waals surface area contributed by atoms with Gasteiger partial charge in [0.05, 0.1) is 0 Å². The number of hydrogen-bond acceptors (Lipinski definition) is 2. The number of halogens is 1. The highest BCUT2D eigenvalue weighted by Crippen LogP contribution is 2.24. The van der Waals surface area contributed by atoms with Crippen LogP contribution in [0.1, 0.15) is 28.8 Å². The number of carbonyl (C=O) groups excluding carboxylic acids is 1. The Labute approximate surface area is 116 Å². The maximum Gasteiger partial charge on any atom is 0.254 e. The summed E-state index contributed by atoms with van der Waals surface area (Å²) in [6.07, 6.45) is 2.10. The molecule has 1 aliphatic rings. The number of phenols is 1. The van der Waals surface area contributed by atoms with E-state index in [-0.39, 0.29) is 11.7 Å². The summed E-state index contributed by atoms with van der Waals surface area (Å²) >= 11 is 3.50. The predicted molar refractivity (Wildman–Crippen MR) is 75.3 cm³/mol. The Morgan fingerprint density at radius 3 is 2.72 bits per heavy atom. The molecule has 1 heterocycles. The molecule has 2 rings (SSSR count). The highest BCUT2D eigenvalue weighted by molar-refractivity contribution is 9.09. The van der Waals surface area contributed by atoms with Crippen LogP contribution >= 0.6 is 15.9 Å². The molecule has 1 N–H and O–H groups in total. The van der Waals surface area contributed by atoms with E-state index in [1.807, 2.05) is 4.90 Å². The van der Waals surface area contributed by atoms with Gasteiger partial charge < -0.3 is 10.0 Å². The number of likely N-dealkylation sites (tertiary alicyclic amines) is 1. The van der Waals surface area contributed by atoms with E-state index in [0.29, 0.717) is 17.0 Å². The molecule has 18 heavy (non-hydrogen) atoms. The lowest BCUT2D eigenvalue weighted by atomic mass is 9.98. The molecule has 0 spiro atoms. The average molecular weight is 312 g/mol. The normalized spacial score (nSPS) is 16.9. The van der Waals surface area contributed by atoms with Gasteiger partial charge in [-0.25, -0.2) is 0 Å². The first-order chi connectivity index (χ1) is 8.63. The zero-order valence-corrected chi connectivity index (χ0v) is 12.1. The van der Waals surface area contributed by atoms with Crippen LogP contribution in [0.5, 0.6) is 5.75 Å². The van der Waals surface area contributed by atoms with E-state index in [0.717, 1.165) is 31.3 Å². The second kappa shape index (κ2) is 5.74. The lowest BCUT2D eigenvalue weighted by Gasteiger charge is -2.31. The van der Waals surface area contributed by atoms with Crippen molar-refractivity contribution < 1.29 is 9.90 Å². The first kappa shape index (κ1) is 13.4. The number of phenolic OH excluding ortho intramolecular Hbond substituents is 1. The van der Waals surface area contributed by atoms with E-state index in [9.17, 15) is 9.90 Å². The Kier molecular flexibility index (Phi) is 4.27. The summed E-state index contributed by atoms with van der Waals surface area (Å²) in [4.78, 5) is 14.3. The van der Waals surface area contributed by atoms with Crippen molar-refractivity contribution in [2.75, 3.05) is 18.4 Å². The van der Waals surface area contributed by atoms with Crippen molar-refractivity contribution in [1.29, 1.82) is 0 Å². The monoisotopic (exact) mass is 311 g/mol. The minimum absolute atomic E-state index is 0.0384. The minimum Gasteiger partial charge on any atom is -0.508 e. The number of hydrogen-bond donors (Lipinski definition) is 1. The number of nitrogens with zero attached hydrogens (tertiary/aromatic N) is 1. The highest BCUT2D eigenvalue weighted by Gasteiger charge is 2.24. The zero-order chi connectivity index (χ0) is 13.1. The third kappa shape index (κ3) is 2.69. The van der Waals surface area contributed by atoms with E-state index in [1.165, 1.54) is 0 Å². The standard InChI is InChI=1S/C14H18BrNO2/c1-10-12(3-2-4-13(10)17)14(18)16-7-5-11(9-15)6-8-16/h2-4,11,17H,5-9H2,1H3. The van der Waals surface area contributed by atoms with Crippen molar-refractivity contribution in [2.45, 2.75) is 19.8 Å². The molecule has 0 bridgehead atoms. The van der Waals surface area contributed by atoms with E-state index in [4.69, 9.17) is 0 Å². The van der Waals surface area contributed by atoms with Crippen LogP contribution in [0, 0.1) is 12.8 Å². The molecule has 1 fully saturated rings. The number of carbonyl (C=O) groups is 1. The maximum absolute atomic E-state index is 12.4. The number of amides is 1. The number of alkyl halides is 1. The van der Waals surface area contributed by atoms with E-state index in [2.05, 4.69) is 15.9 Å². The number of rotatable bonds is 2. The van der Waals surface area contributed by atoms with Crippen LogP contribution in [0.4, 0.5) is 0 Å². The van der Waals surface area contributed by atoms with Gasteiger partial charge in [0.1, 0.15) is 5.75 Å². The molecule has 98 valence electrons. The molecule has 1 amide bonds. The molecule has 0 aromatic heterocycles. The number of benzene rings is 1. The summed E-state index contributed by atoms with van der Waals surface area (Å²) in [6, 6.07) is 5.12. The second-order valence-corrected chi connectivity index (χ2v) is 5.49. The largest absolute Gasteiger partial charge is 0.508 e. The summed E-state index contributed by atoms with van der Waals surface area (Å²) in [7, 11) is 0. The van der Waals surface area contributed by atoms with Crippen molar-refractivity contribution in [3.8, 4) is 5.75 Å². The SMILES string of the molecule is Cc1c(O)cccc1C(=O)N1CCC(CBr)CC1. The minimum atomic E-state index is 0.0384. The van der Waals surface area contributed by atoms with Crippen LogP contribution in [-0.2, 0) is 0 Å². The van der Waals surface area contributed by atoms with Gasteiger partial charge >= 0.3 is 0 Å². The van der Waals surface area contributed by atoms with Crippen LogP contribution in [-0.4, -0.2) is 34.3 Å². The molecular weight excluding hydrogens is 294 g/mol. The first-order valence-electron chi connectivity index (χ1n) is 6.27. The molecule has 1 saturated heterocycles. The molecular formula is C14H18BrNO2. The molecule has 0 radical (unpaired) electrons. The van der Waals surface area contributed by atoms with Crippen molar-refractivity contribution >= 4 is 21.8 Å². The topological polar surface area (TPSA) is 40.5 Å². The van der Waals surface area contributed by atoms with Gasteiger partial charge in [-0.05, 0) is 37.8 Å². The lowest BCUT2D eigenvalue weighted by Crippen LogP contribution is -2.39. The average Bonchev–Trinajstić information content (AvgIpc) is 2.41. The summed E-state index contributed by atoms with van der Waals surface area (Å²) in [5.74, 6) is 0.909. The zero-order valence-electron chi connectivity index (χ0n) is 10.5. The van der Waals surface area contributed by atoms with Gasteiger partial charge in [-0.3, -0.25) is 4.79 Å². The van der Waals surface area contributed by atoms with Crippen LogP contribution in [0.3, 0.4) is 0 Å². The Balaban J connectivity index is 2.10. The lowest BCUT2D eigenvalue weighted by molar-refractivity contribution is 0.0698. The summed E-state index contributed by atoms with van der Waals surface area (Å²) in [5.41, 5.74) is 1.29.